The van der Waals surface area contributed by atoms with Crippen molar-refractivity contribution < 1.29 is 4.74 Å². The van der Waals surface area contributed by atoms with Gasteiger partial charge in [-0.15, -0.1) is 0 Å². The van der Waals surface area contributed by atoms with Gasteiger partial charge >= 0.3 is 0 Å². The molecule has 100 valence electrons. The summed E-state index contributed by atoms with van der Waals surface area (Å²) in [7, 11) is 0. The molecule has 2 heteroatoms. The molecule has 0 aliphatic heterocycles. The van der Waals surface area contributed by atoms with Crippen molar-refractivity contribution >= 4 is 0 Å². The van der Waals surface area contributed by atoms with Crippen LogP contribution in [0.2, 0.25) is 0 Å². The molecule has 0 unspecified atom stereocenters. The van der Waals surface area contributed by atoms with Crippen LogP contribution in [-0.2, 0) is 12.8 Å². The molecule has 0 atom stereocenters. The predicted octanol–water partition coefficient (Wildman–Crippen LogP) is 3.85. The molecule has 0 bridgehead atoms. The summed E-state index contributed by atoms with van der Waals surface area (Å²) < 4.78 is 6.08. The van der Waals surface area contributed by atoms with E-state index in [9.17, 15) is 0 Å². The SMILES string of the molecule is CCc1ccccc1Oc1ccc(C)cc1CCN. The Morgan fingerprint density at radius 2 is 1.74 bits per heavy atom. The Kier molecular flexibility index (Phi) is 4.58. The highest BCUT2D eigenvalue weighted by molar-refractivity contribution is 5.43. The normalized spacial score (nSPS) is 10.5. The van der Waals surface area contributed by atoms with E-state index in [-0.39, 0.29) is 0 Å². The molecule has 19 heavy (non-hydrogen) atoms. The van der Waals surface area contributed by atoms with E-state index in [2.05, 4.69) is 32.0 Å². The maximum absolute atomic E-state index is 6.08. The van der Waals surface area contributed by atoms with E-state index in [1.165, 1.54) is 16.7 Å². The molecular weight excluding hydrogens is 234 g/mol. The van der Waals surface area contributed by atoms with E-state index in [1.54, 1.807) is 0 Å². The van der Waals surface area contributed by atoms with Gasteiger partial charge in [-0.3, -0.25) is 0 Å². The molecule has 0 fully saturated rings. The summed E-state index contributed by atoms with van der Waals surface area (Å²) in [6.45, 7) is 4.86. The molecule has 0 saturated heterocycles. The van der Waals surface area contributed by atoms with Crippen LogP contribution in [0.15, 0.2) is 42.5 Å². The minimum Gasteiger partial charge on any atom is -0.457 e. The van der Waals surface area contributed by atoms with Gasteiger partial charge in [0.2, 0.25) is 0 Å². The van der Waals surface area contributed by atoms with Gasteiger partial charge in [0.1, 0.15) is 11.5 Å². The summed E-state index contributed by atoms with van der Waals surface area (Å²) in [6.07, 6.45) is 1.81. The van der Waals surface area contributed by atoms with Gasteiger partial charge in [0.05, 0.1) is 0 Å². The van der Waals surface area contributed by atoms with Crippen molar-refractivity contribution in [2.45, 2.75) is 26.7 Å². The van der Waals surface area contributed by atoms with Crippen LogP contribution >= 0.6 is 0 Å². The van der Waals surface area contributed by atoms with Crippen molar-refractivity contribution in [1.82, 2.24) is 0 Å². The predicted molar refractivity (Wildman–Crippen MR) is 79.8 cm³/mol. The van der Waals surface area contributed by atoms with Crippen LogP contribution in [-0.4, -0.2) is 6.54 Å². The third kappa shape index (κ3) is 3.36. The van der Waals surface area contributed by atoms with Crippen molar-refractivity contribution in [3.05, 3.63) is 59.2 Å². The lowest BCUT2D eigenvalue weighted by molar-refractivity contribution is 0.470. The van der Waals surface area contributed by atoms with E-state index < -0.39 is 0 Å². The molecule has 0 heterocycles. The zero-order valence-corrected chi connectivity index (χ0v) is 11.6. The lowest BCUT2D eigenvalue weighted by Gasteiger charge is -2.14. The first kappa shape index (κ1) is 13.6. The van der Waals surface area contributed by atoms with Crippen molar-refractivity contribution in [3.8, 4) is 11.5 Å². The number of para-hydroxylation sites is 1. The summed E-state index contributed by atoms with van der Waals surface area (Å²) in [5.74, 6) is 1.85. The van der Waals surface area contributed by atoms with Crippen LogP contribution in [0.1, 0.15) is 23.6 Å². The standard InChI is InChI=1S/C17H21NO/c1-3-14-6-4-5-7-16(14)19-17-9-8-13(2)12-15(17)10-11-18/h4-9,12H,3,10-11,18H2,1-2H3. The Balaban J connectivity index is 2.32. The number of aryl methyl sites for hydroxylation is 2. The topological polar surface area (TPSA) is 35.2 Å². The van der Waals surface area contributed by atoms with Gasteiger partial charge in [-0.05, 0) is 49.6 Å². The summed E-state index contributed by atoms with van der Waals surface area (Å²) in [5, 5.41) is 0. The number of hydrogen-bond donors (Lipinski definition) is 1. The lowest BCUT2D eigenvalue weighted by atomic mass is 10.1. The quantitative estimate of drug-likeness (QED) is 0.880. The number of ether oxygens (including phenoxy) is 1. The summed E-state index contributed by atoms with van der Waals surface area (Å²) in [5.41, 5.74) is 9.31. The second-order valence-electron chi connectivity index (χ2n) is 4.71. The number of rotatable bonds is 5. The highest BCUT2D eigenvalue weighted by Crippen LogP contribution is 2.29. The van der Waals surface area contributed by atoms with Gasteiger partial charge in [0.25, 0.3) is 0 Å². The largest absolute Gasteiger partial charge is 0.457 e. The van der Waals surface area contributed by atoms with Crippen molar-refractivity contribution in [3.63, 3.8) is 0 Å². The Bertz CT molecular complexity index is 549. The van der Waals surface area contributed by atoms with Gasteiger partial charge in [0.15, 0.2) is 0 Å². The van der Waals surface area contributed by atoms with Crippen molar-refractivity contribution in [2.24, 2.45) is 5.73 Å². The monoisotopic (exact) mass is 255 g/mol. The average Bonchev–Trinajstić information content (AvgIpc) is 2.43. The third-order valence-electron chi connectivity index (χ3n) is 3.20. The van der Waals surface area contributed by atoms with Gasteiger partial charge in [-0.2, -0.15) is 0 Å². The van der Waals surface area contributed by atoms with Gasteiger partial charge in [0, 0.05) is 0 Å². The Hall–Kier alpha value is -1.80. The summed E-state index contributed by atoms with van der Waals surface area (Å²) in [4.78, 5) is 0. The van der Waals surface area contributed by atoms with Crippen LogP contribution in [0.3, 0.4) is 0 Å². The first-order valence-corrected chi connectivity index (χ1v) is 6.80. The van der Waals surface area contributed by atoms with E-state index in [0.717, 1.165) is 24.3 Å². The molecule has 2 aromatic rings. The molecule has 0 saturated carbocycles. The minimum atomic E-state index is 0.634. The van der Waals surface area contributed by atoms with Crippen LogP contribution in [0.4, 0.5) is 0 Å². The second kappa shape index (κ2) is 6.39. The number of benzene rings is 2. The van der Waals surface area contributed by atoms with Crippen LogP contribution in [0.25, 0.3) is 0 Å². The van der Waals surface area contributed by atoms with E-state index in [4.69, 9.17) is 10.5 Å². The zero-order valence-electron chi connectivity index (χ0n) is 11.6. The summed E-state index contributed by atoms with van der Waals surface area (Å²) >= 11 is 0. The molecular formula is C17H21NO. The fraction of sp³-hybridized carbons (Fsp3) is 0.294. The summed E-state index contributed by atoms with van der Waals surface area (Å²) in [6, 6.07) is 14.4. The Labute approximate surface area is 115 Å². The highest BCUT2D eigenvalue weighted by Gasteiger charge is 2.07. The molecule has 0 aliphatic carbocycles. The number of hydrogen-bond acceptors (Lipinski definition) is 2. The molecule has 0 aromatic heterocycles. The highest BCUT2D eigenvalue weighted by atomic mass is 16.5. The smallest absolute Gasteiger partial charge is 0.130 e. The Morgan fingerprint density at radius 1 is 1.00 bits per heavy atom. The fourth-order valence-corrected chi connectivity index (χ4v) is 2.17. The lowest BCUT2D eigenvalue weighted by Crippen LogP contribution is -2.04. The van der Waals surface area contributed by atoms with Crippen LogP contribution in [0, 0.1) is 6.92 Å². The molecule has 2 rings (SSSR count). The second-order valence-corrected chi connectivity index (χ2v) is 4.71. The molecule has 2 N–H and O–H groups in total. The first-order chi connectivity index (χ1) is 9.24. The maximum atomic E-state index is 6.08. The zero-order chi connectivity index (χ0) is 13.7. The van der Waals surface area contributed by atoms with E-state index in [0.29, 0.717) is 6.54 Å². The fourth-order valence-electron chi connectivity index (χ4n) is 2.17. The average molecular weight is 255 g/mol. The van der Waals surface area contributed by atoms with E-state index >= 15 is 0 Å². The molecule has 2 aromatic carbocycles. The molecule has 0 radical (unpaired) electrons. The molecule has 0 spiro atoms. The van der Waals surface area contributed by atoms with Gasteiger partial charge in [-0.1, -0.05) is 42.8 Å². The van der Waals surface area contributed by atoms with E-state index in [1.807, 2.05) is 24.3 Å². The molecule has 0 aliphatic rings. The first-order valence-electron chi connectivity index (χ1n) is 6.80. The van der Waals surface area contributed by atoms with Crippen molar-refractivity contribution in [2.75, 3.05) is 6.54 Å². The van der Waals surface area contributed by atoms with Crippen molar-refractivity contribution in [1.29, 1.82) is 0 Å². The van der Waals surface area contributed by atoms with Gasteiger partial charge in [-0.25, -0.2) is 0 Å². The molecule has 2 nitrogen and oxygen atoms in total. The minimum absolute atomic E-state index is 0.634. The van der Waals surface area contributed by atoms with Crippen LogP contribution in [0.5, 0.6) is 11.5 Å². The Morgan fingerprint density at radius 3 is 2.47 bits per heavy atom. The maximum Gasteiger partial charge on any atom is 0.130 e. The molecule has 0 amide bonds. The van der Waals surface area contributed by atoms with Gasteiger partial charge < -0.3 is 10.5 Å². The number of nitrogens with two attached hydrogens (primary N) is 1. The third-order valence-corrected chi connectivity index (χ3v) is 3.20. The van der Waals surface area contributed by atoms with Crippen LogP contribution < -0.4 is 10.5 Å².